The molecule has 3 heterocycles. The number of carbonyl (C=O) groups is 2. The second-order valence-electron chi connectivity index (χ2n) is 7.87. The Morgan fingerprint density at radius 2 is 1.88 bits per heavy atom. The lowest BCUT2D eigenvalue weighted by atomic mass is 9.94. The highest BCUT2D eigenvalue weighted by Crippen LogP contribution is 2.40. The zero-order chi connectivity index (χ0) is 23.0. The molecule has 1 saturated heterocycles. The molecule has 1 aliphatic heterocycles. The van der Waals surface area contributed by atoms with Gasteiger partial charge >= 0.3 is 0 Å². The van der Waals surface area contributed by atoms with Gasteiger partial charge in [0, 0.05) is 38.2 Å². The van der Waals surface area contributed by atoms with Gasteiger partial charge in [-0.15, -0.1) is 0 Å². The predicted octanol–water partition coefficient (Wildman–Crippen LogP) is 2.88. The quantitative estimate of drug-likeness (QED) is 0.364. The number of ketones is 1. The van der Waals surface area contributed by atoms with E-state index >= 15 is 0 Å². The number of rotatable bonds is 6. The van der Waals surface area contributed by atoms with Gasteiger partial charge in [0.2, 0.25) is 0 Å². The number of aliphatic hydroxyl groups excluding tert-OH is 1. The van der Waals surface area contributed by atoms with Gasteiger partial charge in [-0.1, -0.05) is 12.1 Å². The predicted molar refractivity (Wildman–Crippen MR) is 115 cm³/mol. The van der Waals surface area contributed by atoms with Crippen molar-refractivity contribution in [2.24, 2.45) is 7.05 Å². The van der Waals surface area contributed by atoms with E-state index in [-0.39, 0.29) is 17.9 Å². The fraction of sp³-hybridized carbons (Fsp3) is 0.304. The average molecular weight is 437 g/mol. The average Bonchev–Trinajstić information content (AvgIpc) is 3.43. The molecule has 1 N–H and O–H groups in total. The molecule has 4 rings (SSSR count). The first-order valence-electron chi connectivity index (χ1n) is 10.3. The van der Waals surface area contributed by atoms with Crippen LogP contribution in [0.2, 0.25) is 0 Å². The maximum absolute atomic E-state index is 13.6. The Morgan fingerprint density at radius 3 is 2.47 bits per heavy atom. The Labute approximate surface area is 184 Å². The molecule has 1 aromatic carbocycles. The number of benzene rings is 1. The van der Waals surface area contributed by atoms with Crippen molar-refractivity contribution in [1.29, 1.82) is 0 Å². The fourth-order valence-corrected chi connectivity index (χ4v) is 4.20. The van der Waals surface area contributed by atoms with Crippen molar-refractivity contribution in [3.63, 3.8) is 0 Å². The van der Waals surface area contributed by atoms with Crippen LogP contribution in [0.1, 0.15) is 35.0 Å². The van der Waals surface area contributed by atoms with Gasteiger partial charge in [-0.25, -0.2) is 9.37 Å². The summed E-state index contributed by atoms with van der Waals surface area (Å²) < 4.78 is 17.1. The van der Waals surface area contributed by atoms with Gasteiger partial charge in [0.1, 0.15) is 11.6 Å². The lowest BCUT2D eigenvalue weighted by Crippen LogP contribution is -2.31. The number of hydrogen-bond acceptors (Lipinski definition) is 5. The molecule has 3 aromatic rings. The van der Waals surface area contributed by atoms with Crippen LogP contribution in [0.3, 0.4) is 0 Å². The Kier molecular flexibility index (Phi) is 5.65. The van der Waals surface area contributed by atoms with Crippen LogP contribution in [0, 0.1) is 19.7 Å². The van der Waals surface area contributed by atoms with Crippen LogP contribution in [0.25, 0.3) is 5.76 Å². The van der Waals surface area contributed by atoms with Gasteiger partial charge in [0.25, 0.3) is 11.7 Å². The molecule has 1 aliphatic rings. The maximum atomic E-state index is 13.6. The van der Waals surface area contributed by atoms with Crippen LogP contribution in [-0.2, 0) is 23.2 Å². The highest BCUT2D eigenvalue weighted by molar-refractivity contribution is 6.46. The standard InChI is InChI=1S/C23H24FN5O3/c1-14-18(15(2)27(3)26-14)21(30)19-20(16-5-7-17(24)8-6-16)29(23(32)22(19)31)11-4-10-28-12-9-25-13-28/h5-9,12-13,20,30H,4,10-11H2,1-3H3/t20-/m0/s1. The number of Topliss-reactive ketones (excluding diaryl/α,β-unsaturated/α-hetero) is 1. The number of carbonyl (C=O) groups excluding carboxylic acids is 2. The Hall–Kier alpha value is -3.75. The van der Waals surface area contributed by atoms with Gasteiger partial charge in [0.05, 0.1) is 29.2 Å². The van der Waals surface area contributed by atoms with E-state index in [2.05, 4.69) is 10.1 Å². The summed E-state index contributed by atoms with van der Waals surface area (Å²) in [5, 5.41) is 15.5. The van der Waals surface area contributed by atoms with Crippen LogP contribution >= 0.6 is 0 Å². The van der Waals surface area contributed by atoms with Crippen LogP contribution < -0.4 is 0 Å². The number of hydrogen-bond donors (Lipinski definition) is 1. The SMILES string of the molecule is Cc1nn(C)c(C)c1C(O)=C1C(=O)C(=O)N(CCCn2ccnc2)[C@H]1c1ccc(F)cc1. The van der Waals surface area contributed by atoms with Crippen LogP contribution in [0.15, 0.2) is 48.6 Å². The zero-order valence-electron chi connectivity index (χ0n) is 18.1. The third-order valence-corrected chi connectivity index (χ3v) is 5.85. The summed E-state index contributed by atoms with van der Waals surface area (Å²) in [6, 6.07) is 4.80. The van der Waals surface area contributed by atoms with Gasteiger partial charge in [-0.05, 0) is 38.0 Å². The smallest absolute Gasteiger partial charge is 0.295 e. The summed E-state index contributed by atoms with van der Waals surface area (Å²) in [4.78, 5) is 31.5. The first kappa shape index (κ1) is 21.5. The first-order valence-corrected chi connectivity index (χ1v) is 10.3. The Morgan fingerprint density at radius 1 is 1.16 bits per heavy atom. The number of aliphatic hydroxyl groups is 1. The summed E-state index contributed by atoms with van der Waals surface area (Å²) in [7, 11) is 1.74. The van der Waals surface area contributed by atoms with E-state index in [0.717, 1.165) is 0 Å². The summed E-state index contributed by atoms with van der Waals surface area (Å²) >= 11 is 0. The maximum Gasteiger partial charge on any atom is 0.295 e. The molecular weight excluding hydrogens is 413 g/mol. The van der Waals surface area contributed by atoms with Crippen molar-refractivity contribution >= 4 is 17.4 Å². The van der Waals surface area contributed by atoms with E-state index in [1.807, 2.05) is 10.8 Å². The molecule has 0 saturated carbocycles. The molecule has 1 atom stereocenters. The van der Waals surface area contributed by atoms with Crippen LogP contribution in [0.4, 0.5) is 4.39 Å². The number of imidazole rings is 1. The molecule has 9 heteroatoms. The largest absolute Gasteiger partial charge is 0.507 e. The third-order valence-electron chi connectivity index (χ3n) is 5.85. The van der Waals surface area contributed by atoms with E-state index < -0.39 is 23.5 Å². The lowest BCUT2D eigenvalue weighted by Gasteiger charge is -2.25. The number of aromatic nitrogens is 4. The molecule has 0 unspecified atom stereocenters. The fourth-order valence-electron chi connectivity index (χ4n) is 4.20. The van der Waals surface area contributed by atoms with Crippen molar-refractivity contribution in [3.8, 4) is 0 Å². The van der Waals surface area contributed by atoms with E-state index in [4.69, 9.17) is 0 Å². The number of amides is 1. The topological polar surface area (TPSA) is 93.2 Å². The first-order chi connectivity index (χ1) is 15.3. The highest BCUT2D eigenvalue weighted by atomic mass is 19.1. The van der Waals surface area contributed by atoms with Crippen LogP contribution in [-0.4, -0.2) is 47.6 Å². The van der Waals surface area contributed by atoms with E-state index in [1.54, 1.807) is 38.1 Å². The van der Waals surface area contributed by atoms with Crippen molar-refractivity contribution in [3.05, 3.63) is 76.9 Å². The van der Waals surface area contributed by atoms with Crippen molar-refractivity contribution in [2.75, 3.05) is 6.54 Å². The molecule has 166 valence electrons. The van der Waals surface area contributed by atoms with E-state index in [1.165, 1.54) is 29.2 Å². The van der Waals surface area contributed by atoms with Crippen LogP contribution in [0.5, 0.6) is 0 Å². The Balaban J connectivity index is 1.77. The summed E-state index contributed by atoms with van der Waals surface area (Å²) in [5.74, 6) is -2.14. The number of aryl methyl sites for hydroxylation is 3. The normalized spacial score (nSPS) is 18.0. The second kappa shape index (κ2) is 8.41. The third kappa shape index (κ3) is 3.70. The molecule has 0 radical (unpaired) electrons. The minimum atomic E-state index is -0.822. The zero-order valence-corrected chi connectivity index (χ0v) is 18.1. The second-order valence-corrected chi connectivity index (χ2v) is 7.87. The summed E-state index contributed by atoms with van der Waals surface area (Å²) in [6.07, 6.45) is 5.74. The van der Waals surface area contributed by atoms with Gasteiger partial charge in [-0.2, -0.15) is 5.10 Å². The molecule has 8 nitrogen and oxygen atoms in total. The highest BCUT2D eigenvalue weighted by Gasteiger charge is 2.46. The minimum absolute atomic E-state index is 0.0107. The van der Waals surface area contributed by atoms with E-state index in [0.29, 0.717) is 35.5 Å². The van der Waals surface area contributed by atoms with Crippen molar-refractivity contribution in [2.45, 2.75) is 32.9 Å². The molecule has 0 aliphatic carbocycles. The molecular formula is C23H24FN5O3. The molecule has 1 amide bonds. The summed E-state index contributed by atoms with van der Waals surface area (Å²) in [6.45, 7) is 4.41. The molecule has 2 aromatic heterocycles. The van der Waals surface area contributed by atoms with Gasteiger partial charge in [0.15, 0.2) is 0 Å². The molecule has 0 spiro atoms. The number of nitrogens with zero attached hydrogens (tertiary/aromatic N) is 5. The van der Waals surface area contributed by atoms with E-state index in [9.17, 15) is 19.1 Å². The minimum Gasteiger partial charge on any atom is -0.507 e. The summed E-state index contributed by atoms with van der Waals surface area (Å²) in [5.41, 5.74) is 2.18. The lowest BCUT2D eigenvalue weighted by molar-refractivity contribution is -0.139. The van der Waals surface area contributed by atoms with Crippen molar-refractivity contribution in [1.82, 2.24) is 24.2 Å². The number of likely N-dealkylation sites (tertiary alicyclic amines) is 1. The van der Waals surface area contributed by atoms with Gasteiger partial charge in [-0.3, -0.25) is 14.3 Å². The molecule has 0 bridgehead atoms. The van der Waals surface area contributed by atoms with Crippen molar-refractivity contribution < 1.29 is 19.1 Å². The molecule has 1 fully saturated rings. The number of halogens is 1. The molecule has 32 heavy (non-hydrogen) atoms. The monoisotopic (exact) mass is 437 g/mol. The van der Waals surface area contributed by atoms with Gasteiger partial charge < -0.3 is 14.6 Å². The Bertz CT molecular complexity index is 1200.